The van der Waals surface area contributed by atoms with Crippen molar-refractivity contribution in [3.05, 3.63) is 124 Å². The fourth-order valence-electron chi connectivity index (χ4n) is 4.43. The number of fused-ring (bicyclic) bond motifs is 1. The highest BCUT2D eigenvalue weighted by atomic mass is 35.5. The molecule has 0 saturated carbocycles. The van der Waals surface area contributed by atoms with Crippen LogP contribution in [0, 0.1) is 0 Å². The van der Waals surface area contributed by atoms with Crippen molar-refractivity contribution in [2.75, 3.05) is 22.8 Å². The number of carbonyl (C=O) groups is 3. The van der Waals surface area contributed by atoms with Crippen LogP contribution in [0.5, 0.6) is 0 Å². The number of sulfonamides is 1. The maximum Gasteiger partial charge on any atom is 0.338 e. The number of ketones is 1. The number of para-hydroxylation sites is 1. The average Bonchev–Trinajstić information content (AvgIpc) is 3.42. The first-order chi connectivity index (χ1) is 19.2. The Bertz CT molecular complexity index is 1720. The lowest BCUT2D eigenvalue weighted by Crippen LogP contribution is -2.29. The molecule has 1 heterocycles. The Labute approximate surface area is 236 Å². The second-order valence-electron chi connectivity index (χ2n) is 8.99. The standard InChI is InChI=1S/C30H23ClN2O6S/c31-23-13-14-26(25(18-23)29(35)21-8-2-1-3-9-21)32-28(34)19-39-30(36)22-10-6-11-24(17-22)40(37,38)33-16-15-20-7-4-5-12-27(20)33/h1-14,17-18H,15-16,19H2,(H,32,34). The molecular weight excluding hydrogens is 552 g/mol. The van der Waals surface area contributed by atoms with E-state index < -0.39 is 28.5 Å². The first-order valence-electron chi connectivity index (χ1n) is 12.3. The number of esters is 1. The molecule has 0 aromatic heterocycles. The van der Waals surface area contributed by atoms with Crippen LogP contribution in [0.25, 0.3) is 0 Å². The van der Waals surface area contributed by atoms with E-state index in [0.717, 1.165) is 5.56 Å². The summed E-state index contributed by atoms with van der Waals surface area (Å²) >= 11 is 6.09. The largest absolute Gasteiger partial charge is 0.452 e. The maximum atomic E-state index is 13.3. The molecule has 0 radical (unpaired) electrons. The fraction of sp³-hybridized carbons (Fsp3) is 0.100. The molecule has 0 fully saturated rings. The minimum Gasteiger partial charge on any atom is -0.452 e. The number of anilines is 2. The van der Waals surface area contributed by atoms with Crippen LogP contribution in [0.4, 0.5) is 11.4 Å². The Morgan fingerprint density at radius 3 is 2.38 bits per heavy atom. The molecular formula is C30H23ClN2O6S. The van der Waals surface area contributed by atoms with Crippen LogP contribution in [-0.4, -0.2) is 39.2 Å². The van der Waals surface area contributed by atoms with Crippen LogP contribution in [0.3, 0.4) is 0 Å². The Kier molecular flexibility index (Phi) is 7.68. The number of hydrogen-bond donors (Lipinski definition) is 1. The number of halogens is 1. The minimum absolute atomic E-state index is 0.0206. The molecule has 0 aliphatic carbocycles. The third-order valence-electron chi connectivity index (χ3n) is 6.37. The van der Waals surface area contributed by atoms with Crippen molar-refractivity contribution in [1.29, 1.82) is 0 Å². The fourth-order valence-corrected chi connectivity index (χ4v) is 6.15. The van der Waals surface area contributed by atoms with E-state index in [2.05, 4.69) is 5.32 Å². The van der Waals surface area contributed by atoms with E-state index in [1.165, 1.54) is 46.8 Å². The second-order valence-corrected chi connectivity index (χ2v) is 11.3. The molecule has 8 nitrogen and oxygen atoms in total. The maximum absolute atomic E-state index is 13.3. The lowest BCUT2D eigenvalue weighted by atomic mass is 10.0. The Hall–Kier alpha value is -4.47. The zero-order valence-electron chi connectivity index (χ0n) is 21.0. The third-order valence-corrected chi connectivity index (χ3v) is 8.42. The van der Waals surface area contributed by atoms with Gasteiger partial charge in [-0.25, -0.2) is 13.2 Å². The van der Waals surface area contributed by atoms with Crippen molar-refractivity contribution < 1.29 is 27.5 Å². The summed E-state index contributed by atoms with van der Waals surface area (Å²) in [6.45, 7) is -0.354. The summed E-state index contributed by atoms with van der Waals surface area (Å²) < 4.78 is 33.1. The molecule has 0 atom stereocenters. The van der Waals surface area contributed by atoms with Crippen molar-refractivity contribution >= 4 is 50.7 Å². The normalized spacial score (nSPS) is 12.5. The highest BCUT2D eigenvalue weighted by Gasteiger charge is 2.31. The SMILES string of the molecule is O=C(COC(=O)c1cccc(S(=O)(=O)N2CCc3ccccc32)c1)Nc1ccc(Cl)cc1C(=O)c1ccccc1. The number of amides is 1. The summed E-state index contributed by atoms with van der Waals surface area (Å²) in [5.74, 6) is -1.89. The topological polar surface area (TPSA) is 110 Å². The third kappa shape index (κ3) is 5.61. The predicted octanol–water partition coefficient (Wildman–Crippen LogP) is 5.12. The van der Waals surface area contributed by atoms with Crippen molar-refractivity contribution in [1.82, 2.24) is 0 Å². The number of benzene rings is 4. The molecule has 0 saturated heterocycles. The van der Waals surface area contributed by atoms with Gasteiger partial charge in [-0.15, -0.1) is 0 Å². The van der Waals surface area contributed by atoms with Crippen LogP contribution in [0.2, 0.25) is 5.02 Å². The molecule has 1 amide bonds. The number of nitrogens with one attached hydrogen (secondary N) is 1. The van der Waals surface area contributed by atoms with E-state index in [4.69, 9.17) is 16.3 Å². The Balaban J connectivity index is 1.27. The quantitative estimate of drug-likeness (QED) is 0.231. The van der Waals surface area contributed by atoms with Crippen LogP contribution in [-0.2, 0) is 26.0 Å². The van der Waals surface area contributed by atoms with E-state index in [0.29, 0.717) is 29.2 Å². The van der Waals surface area contributed by atoms with E-state index in [-0.39, 0.29) is 27.5 Å². The summed E-state index contributed by atoms with van der Waals surface area (Å²) in [5, 5.41) is 2.89. The van der Waals surface area contributed by atoms with Gasteiger partial charge in [0.2, 0.25) is 0 Å². The van der Waals surface area contributed by atoms with Crippen LogP contribution >= 0.6 is 11.6 Å². The van der Waals surface area contributed by atoms with Gasteiger partial charge in [-0.05, 0) is 54.4 Å². The second kappa shape index (κ2) is 11.3. The molecule has 10 heteroatoms. The monoisotopic (exact) mass is 574 g/mol. The van der Waals surface area contributed by atoms with E-state index >= 15 is 0 Å². The molecule has 202 valence electrons. The van der Waals surface area contributed by atoms with Crippen LogP contribution < -0.4 is 9.62 Å². The van der Waals surface area contributed by atoms with Gasteiger partial charge in [0, 0.05) is 22.7 Å². The highest BCUT2D eigenvalue weighted by Crippen LogP contribution is 2.33. The van der Waals surface area contributed by atoms with E-state index in [1.54, 1.807) is 42.5 Å². The zero-order valence-corrected chi connectivity index (χ0v) is 22.6. The lowest BCUT2D eigenvalue weighted by Gasteiger charge is -2.19. The highest BCUT2D eigenvalue weighted by molar-refractivity contribution is 7.92. The first-order valence-corrected chi connectivity index (χ1v) is 14.1. The smallest absolute Gasteiger partial charge is 0.338 e. The van der Waals surface area contributed by atoms with Gasteiger partial charge in [-0.2, -0.15) is 0 Å². The lowest BCUT2D eigenvalue weighted by molar-refractivity contribution is -0.119. The molecule has 5 rings (SSSR count). The van der Waals surface area contributed by atoms with Gasteiger partial charge >= 0.3 is 5.97 Å². The molecule has 0 bridgehead atoms. The molecule has 4 aromatic rings. The predicted molar refractivity (Wildman–Crippen MR) is 151 cm³/mol. The molecule has 0 unspecified atom stereocenters. The first kappa shape index (κ1) is 27.1. The number of carbonyl (C=O) groups excluding carboxylic acids is 3. The molecule has 1 aliphatic heterocycles. The van der Waals surface area contributed by atoms with Gasteiger partial charge in [-0.1, -0.05) is 66.2 Å². The summed E-state index contributed by atoms with van der Waals surface area (Å²) in [7, 11) is -3.92. The van der Waals surface area contributed by atoms with Gasteiger partial charge < -0.3 is 10.1 Å². The molecule has 4 aromatic carbocycles. The molecule has 1 aliphatic rings. The summed E-state index contributed by atoms with van der Waals surface area (Å²) in [6, 6.07) is 25.7. The molecule has 1 N–H and O–H groups in total. The van der Waals surface area contributed by atoms with Gasteiger partial charge in [0.15, 0.2) is 12.4 Å². The number of hydrogen-bond acceptors (Lipinski definition) is 6. The summed E-state index contributed by atoms with van der Waals surface area (Å²) in [5.41, 5.74) is 2.33. The number of ether oxygens (including phenoxy) is 1. The van der Waals surface area contributed by atoms with Crippen LogP contribution in [0.1, 0.15) is 31.8 Å². The van der Waals surface area contributed by atoms with Crippen molar-refractivity contribution in [2.45, 2.75) is 11.3 Å². The van der Waals surface area contributed by atoms with E-state index in [1.807, 2.05) is 12.1 Å². The van der Waals surface area contributed by atoms with Gasteiger partial charge in [0.25, 0.3) is 15.9 Å². The van der Waals surface area contributed by atoms with E-state index in [9.17, 15) is 22.8 Å². The summed E-state index contributed by atoms with van der Waals surface area (Å²) in [6.07, 6.45) is 0.596. The average molecular weight is 575 g/mol. The number of rotatable bonds is 8. The van der Waals surface area contributed by atoms with Crippen molar-refractivity contribution in [3.8, 4) is 0 Å². The Morgan fingerprint density at radius 1 is 0.850 bits per heavy atom. The molecule has 0 spiro atoms. The van der Waals surface area contributed by atoms with Gasteiger partial charge in [-0.3, -0.25) is 13.9 Å². The number of nitrogens with zero attached hydrogens (tertiary/aromatic N) is 1. The zero-order chi connectivity index (χ0) is 28.3. The van der Waals surface area contributed by atoms with Crippen molar-refractivity contribution in [2.24, 2.45) is 0 Å². The minimum atomic E-state index is -3.92. The van der Waals surface area contributed by atoms with Crippen molar-refractivity contribution in [3.63, 3.8) is 0 Å². The molecule has 40 heavy (non-hydrogen) atoms. The Morgan fingerprint density at radius 2 is 1.57 bits per heavy atom. The van der Waals surface area contributed by atoms with Gasteiger partial charge in [0.05, 0.1) is 21.8 Å². The summed E-state index contributed by atoms with van der Waals surface area (Å²) in [4.78, 5) is 38.3. The van der Waals surface area contributed by atoms with Crippen LogP contribution in [0.15, 0.2) is 102 Å². The van der Waals surface area contributed by atoms with Gasteiger partial charge in [0.1, 0.15) is 0 Å².